The molecule has 116 valence electrons. The summed E-state index contributed by atoms with van der Waals surface area (Å²) in [5.41, 5.74) is -0.539. The summed E-state index contributed by atoms with van der Waals surface area (Å²) in [6.07, 6.45) is 0.849. The number of esters is 1. The lowest BCUT2D eigenvalue weighted by Gasteiger charge is -2.27. The average molecular weight is 284 g/mol. The fraction of sp³-hybridized carbons (Fsp3) is 0.867. The van der Waals surface area contributed by atoms with Gasteiger partial charge in [0.05, 0.1) is 5.92 Å². The topological polar surface area (TPSA) is 58.6 Å². The second-order valence-corrected chi connectivity index (χ2v) is 7.01. The molecule has 1 unspecified atom stereocenters. The molecule has 0 aliphatic carbocycles. The summed E-state index contributed by atoms with van der Waals surface area (Å²) in [7, 11) is 2.00. The van der Waals surface area contributed by atoms with Gasteiger partial charge >= 0.3 is 5.97 Å². The Bertz CT molecular complexity index is 361. The summed E-state index contributed by atoms with van der Waals surface area (Å²) in [6, 6.07) is -0.576. The lowest BCUT2D eigenvalue weighted by Crippen LogP contribution is -2.49. The first-order chi connectivity index (χ1) is 9.10. The number of amides is 1. The third-order valence-corrected chi connectivity index (χ3v) is 3.39. The van der Waals surface area contributed by atoms with Gasteiger partial charge in [0.1, 0.15) is 11.6 Å². The zero-order valence-corrected chi connectivity index (χ0v) is 13.5. The van der Waals surface area contributed by atoms with Crippen molar-refractivity contribution in [1.29, 1.82) is 0 Å². The van der Waals surface area contributed by atoms with Crippen LogP contribution >= 0.6 is 0 Å². The Labute approximate surface area is 122 Å². The summed E-state index contributed by atoms with van der Waals surface area (Å²) in [6.45, 7) is 11.0. The molecule has 0 aromatic rings. The molecule has 1 N–H and O–H groups in total. The van der Waals surface area contributed by atoms with Crippen LogP contribution in [0.15, 0.2) is 0 Å². The molecule has 20 heavy (non-hydrogen) atoms. The van der Waals surface area contributed by atoms with Crippen LogP contribution in [0.5, 0.6) is 0 Å². The van der Waals surface area contributed by atoms with Crippen LogP contribution in [0.1, 0.15) is 41.0 Å². The van der Waals surface area contributed by atoms with E-state index in [2.05, 4.69) is 10.2 Å². The van der Waals surface area contributed by atoms with Crippen LogP contribution in [0.3, 0.4) is 0 Å². The molecule has 1 fully saturated rings. The smallest absolute Gasteiger partial charge is 0.329 e. The number of carbonyl (C=O) groups is 2. The second-order valence-electron chi connectivity index (χ2n) is 7.01. The molecule has 0 aromatic heterocycles. The maximum absolute atomic E-state index is 12.2. The van der Waals surface area contributed by atoms with Crippen molar-refractivity contribution in [2.45, 2.75) is 52.7 Å². The van der Waals surface area contributed by atoms with Crippen LogP contribution in [-0.4, -0.2) is 48.6 Å². The molecule has 0 saturated carbocycles. The third kappa shape index (κ3) is 5.12. The number of rotatable bonds is 4. The Morgan fingerprint density at radius 2 is 1.90 bits per heavy atom. The number of ether oxygens (including phenoxy) is 1. The van der Waals surface area contributed by atoms with Gasteiger partial charge in [0.25, 0.3) is 0 Å². The van der Waals surface area contributed by atoms with E-state index in [0.717, 1.165) is 19.5 Å². The Balaban J connectivity index is 2.63. The fourth-order valence-corrected chi connectivity index (χ4v) is 2.28. The van der Waals surface area contributed by atoms with Crippen molar-refractivity contribution >= 4 is 11.9 Å². The van der Waals surface area contributed by atoms with Crippen molar-refractivity contribution in [3.63, 3.8) is 0 Å². The molecule has 0 bridgehead atoms. The van der Waals surface area contributed by atoms with Gasteiger partial charge in [-0.25, -0.2) is 4.79 Å². The van der Waals surface area contributed by atoms with Gasteiger partial charge in [-0.2, -0.15) is 0 Å². The molecule has 0 spiro atoms. The summed E-state index contributed by atoms with van der Waals surface area (Å²) < 4.78 is 5.38. The molecule has 2 atom stereocenters. The normalized spacial score (nSPS) is 21.9. The molecule has 1 heterocycles. The van der Waals surface area contributed by atoms with Crippen molar-refractivity contribution in [3.8, 4) is 0 Å². The quantitative estimate of drug-likeness (QED) is 0.793. The molecule has 5 nitrogen and oxygen atoms in total. The van der Waals surface area contributed by atoms with Gasteiger partial charge in [-0.05, 0) is 46.7 Å². The van der Waals surface area contributed by atoms with Gasteiger partial charge < -0.3 is 15.0 Å². The summed E-state index contributed by atoms with van der Waals surface area (Å²) in [5.74, 6) is -0.414. The number of carbonyl (C=O) groups excluding carboxylic acids is 2. The van der Waals surface area contributed by atoms with E-state index in [0.29, 0.717) is 0 Å². The molecule has 5 heteroatoms. The number of likely N-dealkylation sites (tertiary alicyclic amines) is 1. The molecule has 1 rings (SSSR count). The second kappa shape index (κ2) is 6.57. The van der Waals surface area contributed by atoms with Crippen LogP contribution in [0.25, 0.3) is 0 Å². The largest absolute Gasteiger partial charge is 0.458 e. The average Bonchev–Trinajstić information content (AvgIpc) is 2.69. The lowest BCUT2D eigenvalue weighted by molar-refractivity contribution is -0.160. The Kier molecular flexibility index (Phi) is 5.57. The fourth-order valence-electron chi connectivity index (χ4n) is 2.28. The highest BCUT2D eigenvalue weighted by Crippen LogP contribution is 2.17. The standard InChI is InChI=1S/C15H28N2O3/c1-10(2)12(14(19)20-15(3,4)5)16-13(18)11-7-8-17(6)9-11/h10-12H,7-9H2,1-6H3,(H,16,18)/t11-,12?/m0/s1. The molecule has 0 aromatic carbocycles. The van der Waals surface area contributed by atoms with E-state index >= 15 is 0 Å². The minimum atomic E-state index is -0.576. The Hall–Kier alpha value is -1.10. The van der Waals surface area contributed by atoms with Crippen LogP contribution in [0.4, 0.5) is 0 Å². The van der Waals surface area contributed by atoms with E-state index in [4.69, 9.17) is 4.74 Å². The Morgan fingerprint density at radius 3 is 2.30 bits per heavy atom. The van der Waals surface area contributed by atoms with E-state index in [1.165, 1.54) is 0 Å². The SMILES string of the molecule is CC(C)C(NC(=O)[C@H]1CCN(C)C1)C(=O)OC(C)(C)C. The first-order valence-corrected chi connectivity index (χ1v) is 7.32. The van der Waals surface area contributed by atoms with Crippen molar-refractivity contribution in [2.75, 3.05) is 20.1 Å². The van der Waals surface area contributed by atoms with Gasteiger partial charge in [0, 0.05) is 6.54 Å². The van der Waals surface area contributed by atoms with E-state index in [9.17, 15) is 9.59 Å². The van der Waals surface area contributed by atoms with Gasteiger partial charge in [-0.1, -0.05) is 13.8 Å². The first kappa shape index (κ1) is 17.0. The summed E-state index contributed by atoms with van der Waals surface area (Å²) >= 11 is 0. The molecular formula is C15H28N2O3. The lowest BCUT2D eigenvalue weighted by atomic mass is 10.0. The minimum Gasteiger partial charge on any atom is -0.458 e. The van der Waals surface area contributed by atoms with Gasteiger partial charge in [-0.15, -0.1) is 0 Å². The summed E-state index contributed by atoms with van der Waals surface area (Å²) in [4.78, 5) is 26.5. The molecule has 1 aliphatic rings. The number of nitrogens with zero attached hydrogens (tertiary/aromatic N) is 1. The molecular weight excluding hydrogens is 256 g/mol. The van der Waals surface area contributed by atoms with Crippen LogP contribution in [-0.2, 0) is 14.3 Å². The van der Waals surface area contributed by atoms with Crippen molar-refractivity contribution in [2.24, 2.45) is 11.8 Å². The highest BCUT2D eigenvalue weighted by molar-refractivity contribution is 5.86. The van der Waals surface area contributed by atoms with Gasteiger partial charge in [0.2, 0.25) is 5.91 Å². The maximum atomic E-state index is 12.2. The van der Waals surface area contributed by atoms with E-state index in [1.807, 2.05) is 41.7 Å². The Morgan fingerprint density at radius 1 is 1.30 bits per heavy atom. The van der Waals surface area contributed by atoms with Gasteiger partial charge in [0.15, 0.2) is 0 Å². The minimum absolute atomic E-state index is 0.00735. The highest BCUT2D eigenvalue weighted by atomic mass is 16.6. The van der Waals surface area contributed by atoms with Crippen LogP contribution in [0, 0.1) is 11.8 Å². The van der Waals surface area contributed by atoms with E-state index in [1.54, 1.807) is 0 Å². The van der Waals surface area contributed by atoms with Gasteiger partial charge in [-0.3, -0.25) is 4.79 Å². The molecule has 1 amide bonds. The predicted octanol–water partition coefficient (Wildman–Crippen LogP) is 1.42. The zero-order chi connectivity index (χ0) is 15.5. The molecule has 1 saturated heterocycles. The third-order valence-electron chi connectivity index (χ3n) is 3.39. The van der Waals surface area contributed by atoms with Crippen molar-refractivity contribution in [1.82, 2.24) is 10.2 Å². The van der Waals surface area contributed by atoms with Crippen molar-refractivity contribution < 1.29 is 14.3 Å². The zero-order valence-electron chi connectivity index (χ0n) is 13.5. The van der Waals surface area contributed by atoms with E-state index < -0.39 is 11.6 Å². The number of nitrogens with one attached hydrogen (secondary N) is 1. The highest BCUT2D eigenvalue weighted by Gasteiger charge is 2.33. The van der Waals surface area contributed by atoms with E-state index in [-0.39, 0.29) is 23.7 Å². The molecule has 0 radical (unpaired) electrons. The predicted molar refractivity (Wildman–Crippen MR) is 78.2 cm³/mol. The first-order valence-electron chi connectivity index (χ1n) is 7.32. The van der Waals surface area contributed by atoms with Crippen molar-refractivity contribution in [3.05, 3.63) is 0 Å². The number of hydrogen-bond donors (Lipinski definition) is 1. The monoisotopic (exact) mass is 284 g/mol. The van der Waals surface area contributed by atoms with Crippen LogP contribution in [0.2, 0.25) is 0 Å². The maximum Gasteiger partial charge on any atom is 0.329 e. The summed E-state index contributed by atoms with van der Waals surface area (Å²) in [5, 5.41) is 2.86. The molecule has 1 aliphatic heterocycles. The van der Waals surface area contributed by atoms with Crippen LogP contribution < -0.4 is 5.32 Å². The number of hydrogen-bond acceptors (Lipinski definition) is 4.